The van der Waals surface area contributed by atoms with E-state index in [0.29, 0.717) is 28.0 Å². The van der Waals surface area contributed by atoms with Crippen LogP contribution in [0.4, 0.5) is 14.6 Å². The predicted octanol–water partition coefficient (Wildman–Crippen LogP) is 4.10. The molecule has 0 unspecified atom stereocenters. The number of aryl methyl sites for hydroxylation is 1. The summed E-state index contributed by atoms with van der Waals surface area (Å²) in [5, 5.41) is 16.1. The highest BCUT2D eigenvalue weighted by molar-refractivity contribution is 5.98. The van der Waals surface area contributed by atoms with Gasteiger partial charge in [-0.15, -0.1) is 10.2 Å². The van der Waals surface area contributed by atoms with E-state index in [1.807, 2.05) is 12.1 Å². The molecule has 2 N–H and O–H groups in total. The zero-order chi connectivity index (χ0) is 18.8. The molecule has 0 radical (unpaired) electrons. The molecule has 3 aromatic rings. The Hall–Kier alpha value is -2.67. The maximum atomic E-state index is 13.6. The van der Waals surface area contributed by atoms with Crippen LogP contribution < -0.4 is 10.6 Å². The summed E-state index contributed by atoms with van der Waals surface area (Å²) < 4.78 is 27.2. The monoisotopic (exact) mass is 369 g/mol. The number of piperidine rings is 1. The number of hydrogen-bond donors (Lipinski definition) is 2. The second-order valence-corrected chi connectivity index (χ2v) is 6.88. The summed E-state index contributed by atoms with van der Waals surface area (Å²) >= 11 is 0. The number of pyridine rings is 1. The molecular weight excluding hydrogens is 348 g/mol. The smallest absolute Gasteiger partial charge is 0.264 e. The van der Waals surface area contributed by atoms with E-state index in [1.165, 1.54) is 6.07 Å². The Kier molecular flexibility index (Phi) is 4.94. The van der Waals surface area contributed by atoms with Crippen LogP contribution in [0.3, 0.4) is 0 Å². The molecule has 0 aliphatic carbocycles. The average Bonchev–Trinajstić information content (AvgIpc) is 2.69. The van der Waals surface area contributed by atoms with Crippen LogP contribution >= 0.6 is 0 Å². The lowest BCUT2D eigenvalue weighted by atomic mass is 9.99. The first kappa shape index (κ1) is 17.7. The van der Waals surface area contributed by atoms with Crippen LogP contribution in [-0.2, 0) is 0 Å². The number of rotatable bonds is 4. The summed E-state index contributed by atoms with van der Waals surface area (Å²) in [4.78, 5) is 4.45. The number of nitrogens with one attached hydrogen (secondary N) is 2. The van der Waals surface area contributed by atoms with Crippen LogP contribution in [0.2, 0.25) is 0 Å². The van der Waals surface area contributed by atoms with Gasteiger partial charge in [-0.1, -0.05) is 17.7 Å². The minimum Gasteiger partial charge on any atom is -0.363 e. The molecule has 1 aliphatic heterocycles. The lowest BCUT2D eigenvalue weighted by Crippen LogP contribution is -2.38. The number of alkyl halides is 2. The maximum absolute atomic E-state index is 13.6. The molecule has 1 aliphatic rings. The van der Waals surface area contributed by atoms with E-state index in [1.54, 1.807) is 25.3 Å². The van der Waals surface area contributed by atoms with Gasteiger partial charge in [0.2, 0.25) is 0 Å². The molecule has 2 aromatic heterocycles. The van der Waals surface area contributed by atoms with Crippen LogP contribution in [0.25, 0.3) is 22.2 Å². The molecule has 1 fully saturated rings. The minimum absolute atomic E-state index is 0.0355. The quantitative estimate of drug-likeness (QED) is 0.725. The van der Waals surface area contributed by atoms with E-state index in [-0.39, 0.29) is 11.6 Å². The van der Waals surface area contributed by atoms with Crippen molar-refractivity contribution < 1.29 is 8.78 Å². The molecular formula is C20H21F2N5. The third kappa shape index (κ3) is 3.60. The van der Waals surface area contributed by atoms with Gasteiger partial charge >= 0.3 is 0 Å². The average molecular weight is 369 g/mol. The normalized spacial score (nSPS) is 17.4. The summed E-state index contributed by atoms with van der Waals surface area (Å²) in [6.45, 7) is 3.67. The molecule has 27 heavy (non-hydrogen) atoms. The summed E-state index contributed by atoms with van der Waals surface area (Å²) in [7, 11) is 0. The van der Waals surface area contributed by atoms with Crippen molar-refractivity contribution in [2.45, 2.75) is 32.2 Å². The van der Waals surface area contributed by atoms with Crippen molar-refractivity contribution in [1.29, 1.82) is 0 Å². The van der Waals surface area contributed by atoms with Crippen LogP contribution in [0, 0.1) is 6.92 Å². The molecule has 140 valence electrons. The molecule has 0 bridgehead atoms. The molecule has 7 heteroatoms. The second kappa shape index (κ2) is 7.52. The van der Waals surface area contributed by atoms with Gasteiger partial charge in [-0.05, 0) is 44.5 Å². The van der Waals surface area contributed by atoms with Crippen molar-refractivity contribution in [3.63, 3.8) is 0 Å². The van der Waals surface area contributed by atoms with E-state index >= 15 is 0 Å². The maximum Gasteiger partial charge on any atom is 0.264 e. The molecule has 0 amide bonds. The molecule has 3 heterocycles. The minimum atomic E-state index is -2.58. The second-order valence-electron chi connectivity index (χ2n) is 6.88. The molecule has 1 atom stereocenters. The number of halogens is 2. The fourth-order valence-corrected chi connectivity index (χ4v) is 3.53. The van der Waals surface area contributed by atoms with E-state index in [2.05, 4.69) is 25.8 Å². The molecule has 1 saturated heterocycles. The lowest BCUT2D eigenvalue weighted by molar-refractivity contribution is 0.152. The van der Waals surface area contributed by atoms with Gasteiger partial charge in [0.05, 0.1) is 0 Å². The number of anilines is 1. The van der Waals surface area contributed by atoms with Crippen LogP contribution in [0.5, 0.6) is 0 Å². The largest absolute Gasteiger partial charge is 0.363 e. The molecule has 5 nitrogen and oxygen atoms in total. The van der Waals surface area contributed by atoms with Crippen molar-refractivity contribution in [2.75, 3.05) is 18.4 Å². The zero-order valence-electron chi connectivity index (χ0n) is 15.0. The topological polar surface area (TPSA) is 62.7 Å². The standard InChI is InChI=1S/C20H21F2N5/c1-12-6-7-14(16(10-12)19(21)22)17-15-5-3-9-24-18(15)20(27-26-17)25-13-4-2-8-23-11-13/h3,5-7,9-10,13,19,23H,2,4,8,11H2,1H3,(H,25,27)/t13-/m1/s1. The third-order valence-corrected chi connectivity index (χ3v) is 4.87. The number of benzene rings is 1. The van der Waals surface area contributed by atoms with Gasteiger partial charge in [-0.2, -0.15) is 0 Å². The zero-order valence-corrected chi connectivity index (χ0v) is 15.0. The highest BCUT2D eigenvalue weighted by Crippen LogP contribution is 2.35. The SMILES string of the molecule is Cc1ccc(-c2nnc(N[C@@H]3CCCNC3)c3ncccc23)c(C(F)F)c1. The van der Waals surface area contributed by atoms with Gasteiger partial charge in [0.1, 0.15) is 11.2 Å². The van der Waals surface area contributed by atoms with Gasteiger partial charge in [0, 0.05) is 35.3 Å². The van der Waals surface area contributed by atoms with E-state index in [0.717, 1.165) is 31.5 Å². The number of aromatic nitrogens is 3. The lowest BCUT2D eigenvalue weighted by Gasteiger charge is -2.24. The fourth-order valence-electron chi connectivity index (χ4n) is 3.53. The molecule has 0 saturated carbocycles. The number of hydrogen-bond acceptors (Lipinski definition) is 5. The Morgan fingerprint density at radius 2 is 2.11 bits per heavy atom. The Labute approximate surface area is 156 Å². The number of nitrogens with zero attached hydrogens (tertiary/aromatic N) is 3. The number of fused-ring (bicyclic) bond motifs is 1. The summed E-state index contributed by atoms with van der Waals surface area (Å²) in [5.41, 5.74) is 2.22. The fraction of sp³-hybridized carbons (Fsp3) is 0.350. The molecule has 0 spiro atoms. The summed E-state index contributed by atoms with van der Waals surface area (Å²) in [6, 6.07) is 8.89. The van der Waals surface area contributed by atoms with E-state index < -0.39 is 6.43 Å². The van der Waals surface area contributed by atoms with E-state index in [4.69, 9.17) is 0 Å². The van der Waals surface area contributed by atoms with Gasteiger partial charge in [0.15, 0.2) is 5.82 Å². The molecule has 4 rings (SSSR count). The van der Waals surface area contributed by atoms with Gasteiger partial charge in [-0.25, -0.2) is 8.78 Å². The van der Waals surface area contributed by atoms with Gasteiger partial charge < -0.3 is 10.6 Å². The van der Waals surface area contributed by atoms with E-state index in [9.17, 15) is 8.78 Å². The highest BCUT2D eigenvalue weighted by atomic mass is 19.3. The Morgan fingerprint density at radius 3 is 2.89 bits per heavy atom. The first-order valence-corrected chi connectivity index (χ1v) is 9.11. The van der Waals surface area contributed by atoms with Crippen LogP contribution in [0.15, 0.2) is 36.5 Å². The van der Waals surface area contributed by atoms with Gasteiger partial charge in [-0.3, -0.25) is 4.98 Å². The van der Waals surface area contributed by atoms with Gasteiger partial charge in [0.25, 0.3) is 6.43 Å². The molecule has 1 aromatic carbocycles. The third-order valence-electron chi connectivity index (χ3n) is 4.87. The van der Waals surface area contributed by atoms with Crippen molar-refractivity contribution in [1.82, 2.24) is 20.5 Å². The summed E-state index contributed by atoms with van der Waals surface area (Å²) in [5.74, 6) is 0.591. The van der Waals surface area contributed by atoms with Crippen molar-refractivity contribution in [2.24, 2.45) is 0 Å². The Bertz CT molecular complexity index is 954. The van der Waals surface area contributed by atoms with Crippen molar-refractivity contribution in [3.8, 4) is 11.3 Å². The predicted molar refractivity (Wildman–Crippen MR) is 102 cm³/mol. The Morgan fingerprint density at radius 1 is 1.22 bits per heavy atom. The van der Waals surface area contributed by atoms with Crippen LogP contribution in [-0.4, -0.2) is 34.3 Å². The van der Waals surface area contributed by atoms with Crippen molar-refractivity contribution >= 4 is 16.7 Å². The van der Waals surface area contributed by atoms with Crippen LogP contribution in [0.1, 0.15) is 30.4 Å². The van der Waals surface area contributed by atoms with Crippen molar-refractivity contribution in [3.05, 3.63) is 47.7 Å². The first-order valence-electron chi connectivity index (χ1n) is 9.11. The summed E-state index contributed by atoms with van der Waals surface area (Å²) in [6.07, 6.45) is 1.23. The Balaban J connectivity index is 1.81. The highest BCUT2D eigenvalue weighted by Gasteiger charge is 2.21. The first-order chi connectivity index (χ1) is 13.1.